The summed E-state index contributed by atoms with van der Waals surface area (Å²) in [6.07, 6.45) is 5.48. The topological polar surface area (TPSA) is 77.2 Å². The molecule has 6 heteroatoms. The number of pyridine rings is 1. The normalized spacial score (nSPS) is 21.9. The number of carbonyl (C=O) groups is 1. The number of nitrogens with zero attached hydrogens (tertiary/aromatic N) is 1. The second kappa shape index (κ2) is 6.74. The van der Waals surface area contributed by atoms with Gasteiger partial charge in [0.1, 0.15) is 5.56 Å². The van der Waals surface area contributed by atoms with Crippen LogP contribution in [0, 0.1) is 11.7 Å². The average molecular weight is 295 g/mol. The molecule has 0 unspecified atom stereocenters. The Balaban J connectivity index is 2.12. The molecule has 0 bridgehead atoms. The Kier molecular flexibility index (Phi) is 4.98. The predicted molar refractivity (Wildman–Crippen MR) is 78.9 cm³/mol. The fourth-order valence-electron chi connectivity index (χ4n) is 2.81. The maximum Gasteiger partial charge on any atom is 0.254 e. The first kappa shape index (κ1) is 15.5. The van der Waals surface area contributed by atoms with Crippen LogP contribution in [0.25, 0.3) is 0 Å². The zero-order valence-corrected chi connectivity index (χ0v) is 12.5. The molecule has 1 aliphatic rings. The number of carbonyl (C=O) groups excluding carboxylic acids is 1. The molecule has 0 radical (unpaired) electrons. The Morgan fingerprint density at radius 1 is 1.48 bits per heavy atom. The largest absolute Gasteiger partial charge is 0.480 e. The summed E-state index contributed by atoms with van der Waals surface area (Å²) in [5.41, 5.74) is 5.13. The van der Waals surface area contributed by atoms with E-state index in [2.05, 4.69) is 17.2 Å². The van der Waals surface area contributed by atoms with Crippen LogP contribution in [0.4, 0.5) is 10.2 Å². The highest BCUT2D eigenvalue weighted by Gasteiger charge is 2.22. The summed E-state index contributed by atoms with van der Waals surface area (Å²) in [4.78, 5) is 15.3. The van der Waals surface area contributed by atoms with E-state index in [9.17, 15) is 9.18 Å². The minimum absolute atomic E-state index is 0.0461. The molecule has 1 saturated carbocycles. The first-order valence-corrected chi connectivity index (χ1v) is 7.36. The molecular weight excluding hydrogens is 273 g/mol. The molecule has 0 spiro atoms. The van der Waals surface area contributed by atoms with Gasteiger partial charge in [-0.15, -0.1) is 0 Å². The first-order valence-electron chi connectivity index (χ1n) is 7.36. The minimum atomic E-state index is -0.756. The monoisotopic (exact) mass is 295 g/mol. The van der Waals surface area contributed by atoms with Crippen molar-refractivity contribution in [2.24, 2.45) is 11.7 Å². The maximum atomic E-state index is 14.0. The van der Waals surface area contributed by atoms with E-state index in [0.29, 0.717) is 0 Å². The lowest BCUT2D eigenvalue weighted by Gasteiger charge is -2.29. The molecule has 1 aromatic heterocycles. The summed E-state index contributed by atoms with van der Waals surface area (Å²) in [5, 5.41) is 3.12. The number of hydrogen-bond donors (Lipinski definition) is 2. The molecule has 116 valence electrons. The zero-order chi connectivity index (χ0) is 15.4. The van der Waals surface area contributed by atoms with Gasteiger partial charge in [0.15, 0.2) is 11.6 Å². The third kappa shape index (κ3) is 3.62. The highest BCUT2D eigenvalue weighted by Crippen LogP contribution is 2.29. The lowest BCUT2D eigenvalue weighted by atomic mass is 9.84. The van der Waals surface area contributed by atoms with E-state index >= 15 is 0 Å². The van der Waals surface area contributed by atoms with Gasteiger partial charge < -0.3 is 15.8 Å². The molecule has 1 heterocycles. The van der Waals surface area contributed by atoms with E-state index in [0.717, 1.165) is 37.7 Å². The van der Waals surface area contributed by atoms with Gasteiger partial charge >= 0.3 is 0 Å². The number of primary amides is 1. The second-order valence-electron chi connectivity index (χ2n) is 5.51. The van der Waals surface area contributed by atoms with Gasteiger partial charge in [0.2, 0.25) is 5.88 Å². The molecule has 0 saturated heterocycles. The number of amides is 1. The number of rotatable bonds is 5. The Hall–Kier alpha value is -1.85. The van der Waals surface area contributed by atoms with E-state index < -0.39 is 11.7 Å². The van der Waals surface area contributed by atoms with Crippen LogP contribution >= 0.6 is 0 Å². The molecule has 1 aromatic rings. The van der Waals surface area contributed by atoms with E-state index in [1.165, 1.54) is 13.5 Å². The summed E-state index contributed by atoms with van der Waals surface area (Å²) in [5.74, 6) is -0.395. The SMILES string of the molecule is CCC1CCC(Nc2nc(OC)c(C(N)=O)cc2F)CC1. The third-order valence-electron chi connectivity index (χ3n) is 4.16. The number of halogens is 1. The van der Waals surface area contributed by atoms with Crippen LogP contribution < -0.4 is 15.8 Å². The van der Waals surface area contributed by atoms with Crippen molar-refractivity contribution in [1.29, 1.82) is 0 Å². The highest BCUT2D eigenvalue weighted by atomic mass is 19.1. The number of nitrogens with two attached hydrogens (primary N) is 1. The number of nitrogens with one attached hydrogen (secondary N) is 1. The maximum absolute atomic E-state index is 14.0. The van der Waals surface area contributed by atoms with Gasteiger partial charge in [-0.05, 0) is 37.7 Å². The number of hydrogen-bond acceptors (Lipinski definition) is 4. The van der Waals surface area contributed by atoms with Crippen molar-refractivity contribution in [2.45, 2.75) is 45.1 Å². The summed E-state index contributed by atoms with van der Waals surface area (Å²) < 4.78 is 19.0. The van der Waals surface area contributed by atoms with E-state index in [-0.39, 0.29) is 23.3 Å². The molecule has 2 rings (SSSR count). The van der Waals surface area contributed by atoms with Crippen LogP contribution in [-0.4, -0.2) is 24.0 Å². The van der Waals surface area contributed by atoms with Crippen molar-refractivity contribution >= 4 is 11.7 Å². The Labute approximate surface area is 124 Å². The van der Waals surface area contributed by atoms with Crippen molar-refractivity contribution in [3.05, 3.63) is 17.4 Å². The summed E-state index contributed by atoms with van der Waals surface area (Å²) in [6.45, 7) is 2.20. The van der Waals surface area contributed by atoms with Gasteiger partial charge in [-0.1, -0.05) is 13.3 Å². The van der Waals surface area contributed by atoms with Crippen molar-refractivity contribution in [3.8, 4) is 5.88 Å². The van der Waals surface area contributed by atoms with Gasteiger partial charge in [0.05, 0.1) is 7.11 Å². The van der Waals surface area contributed by atoms with Crippen LogP contribution in [0.2, 0.25) is 0 Å². The van der Waals surface area contributed by atoms with Gasteiger partial charge in [-0.25, -0.2) is 4.39 Å². The minimum Gasteiger partial charge on any atom is -0.480 e. The number of methoxy groups -OCH3 is 1. The van der Waals surface area contributed by atoms with Crippen molar-refractivity contribution < 1.29 is 13.9 Å². The van der Waals surface area contributed by atoms with Crippen molar-refractivity contribution in [1.82, 2.24) is 4.98 Å². The Bertz CT molecular complexity index is 514. The van der Waals surface area contributed by atoms with Gasteiger partial charge in [0, 0.05) is 6.04 Å². The van der Waals surface area contributed by atoms with Gasteiger partial charge in [-0.2, -0.15) is 4.98 Å². The molecular formula is C15H22FN3O2. The van der Waals surface area contributed by atoms with E-state index in [4.69, 9.17) is 10.5 Å². The van der Waals surface area contributed by atoms with Crippen LogP contribution in [0.3, 0.4) is 0 Å². The highest BCUT2D eigenvalue weighted by molar-refractivity contribution is 5.95. The molecule has 1 amide bonds. The lowest BCUT2D eigenvalue weighted by molar-refractivity contribution is 0.0996. The summed E-state index contributed by atoms with van der Waals surface area (Å²) in [7, 11) is 1.38. The molecule has 21 heavy (non-hydrogen) atoms. The van der Waals surface area contributed by atoms with Gasteiger partial charge in [0.25, 0.3) is 5.91 Å². The molecule has 0 aliphatic heterocycles. The molecule has 0 atom stereocenters. The van der Waals surface area contributed by atoms with E-state index in [1.807, 2.05) is 0 Å². The van der Waals surface area contributed by atoms with Crippen LogP contribution in [0.5, 0.6) is 5.88 Å². The van der Waals surface area contributed by atoms with Crippen LogP contribution in [0.15, 0.2) is 6.07 Å². The quantitative estimate of drug-likeness (QED) is 0.875. The van der Waals surface area contributed by atoms with Gasteiger partial charge in [-0.3, -0.25) is 4.79 Å². The zero-order valence-electron chi connectivity index (χ0n) is 12.5. The molecule has 3 N–H and O–H groups in total. The number of aromatic nitrogens is 1. The lowest BCUT2D eigenvalue weighted by Crippen LogP contribution is -2.27. The van der Waals surface area contributed by atoms with E-state index in [1.54, 1.807) is 0 Å². The first-order chi connectivity index (χ1) is 10.0. The van der Waals surface area contributed by atoms with Crippen molar-refractivity contribution in [3.63, 3.8) is 0 Å². The van der Waals surface area contributed by atoms with Crippen molar-refractivity contribution in [2.75, 3.05) is 12.4 Å². The predicted octanol–water partition coefficient (Wildman–Crippen LogP) is 2.71. The average Bonchev–Trinajstić information content (AvgIpc) is 2.49. The molecule has 1 fully saturated rings. The van der Waals surface area contributed by atoms with Crippen LogP contribution in [-0.2, 0) is 0 Å². The number of anilines is 1. The van der Waals surface area contributed by atoms with Crippen LogP contribution in [0.1, 0.15) is 49.4 Å². The fourth-order valence-corrected chi connectivity index (χ4v) is 2.81. The standard InChI is InChI=1S/C15H22FN3O2/c1-3-9-4-6-10(7-5-9)18-14-12(16)8-11(13(17)20)15(19-14)21-2/h8-10H,3-7H2,1-2H3,(H2,17,20)(H,18,19). The number of ether oxygens (including phenoxy) is 1. The fraction of sp³-hybridized carbons (Fsp3) is 0.600. The third-order valence-corrected chi connectivity index (χ3v) is 4.16. The Morgan fingerprint density at radius 3 is 2.67 bits per heavy atom. The molecule has 5 nitrogen and oxygen atoms in total. The second-order valence-corrected chi connectivity index (χ2v) is 5.51. The smallest absolute Gasteiger partial charge is 0.254 e. The summed E-state index contributed by atoms with van der Waals surface area (Å²) in [6, 6.07) is 1.28. The molecule has 0 aromatic carbocycles. The summed E-state index contributed by atoms with van der Waals surface area (Å²) >= 11 is 0. The molecule has 1 aliphatic carbocycles. The Morgan fingerprint density at radius 2 is 2.14 bits per heavy atom.